The van der Waals surface area contributed by atoms with Crippen LogP contribution in [0.2, 0.25) is 0 Å². The van der Waals surface area contributed by atoms with E-state index in [2.05, 4.69) is 26.1 Å². The minimum absolute atomic E-state index is 0.113. The van der Waals surface area contributed by atoms with Gasteiger partial charge >= 0.3 is 11.9 Å². The second-order valence-corrected chi connectivity index (χ2v) is 13.0. The van der Waals surface area contributed by atoms with Crippen molar-refractivity contribution >= 4 is 17.8 Å². The summed E-state index contributed by atoms with van der Waals surface area (Å²) in [5.74, 6) is -0.638. The molecule has 8 nitrogen and oxygen atoms in total. The number of amides is 1. The van der Waals surface area contributed by atoms with Crippen molar-refractivity contribution in [1.82, 2.24) is 5.32 Å². The largest absolute Gasteiger partial charge is 0.481 e. The van der Waals surface area contributed by atoms with Crippen molar-refractivity contribution in [3.05, 3.63) is 0 Å². The van der Waals surface area contributed by atoms with Crippen LogP contribution < -0.4 is 5.32 Å². The van der Waals surface area contributed by atoms with Gasteiger partial charge in [-0.3, -0.25) is 9.59 Å². The lowest BCUT2D eigenvalue weighted by Crippen LogP contribution is -2.58. The minimum Gasteiger partial charge on any atom is -0.481 e. The van der Waals surface area contributed by atoms with Crippen LogP contribution in [-0.4, -0.2) is 56.5 Å². The first-order valence-electron chi connectivity index (χ1n) is 14.0. The number of hydrogen-bond donors (Lipinski definition) is 5. The quantitative estimate of drug-likeness (QED) is 0.338. The van der Waals surface area contributed by atoms with E-state index >= 15 is 0 Å². The Labute approximate surface area is 214 Å². The molecule has 4 rings (SSSR count). The lowest BCUT2D eigenvalue weighted by Gasteiger charge is -2.62. The molecule has 0 aliphatic heterocycles. The summed E-state index contributed by atoms with van der Waals surface area (Å²) in [7, 11) is 0. The first kappa shape index (κ1) is 27.4. The molecule has 8 heteroatoms. The van der Waals surface area contributed by atoms with Crippen LogP contribution in [-0.2, 0) is 14.4 Å². The summed E-state index contributed by atoms with van der Waals surface area (Å²) in [6, 6.07) is -1.41. The normalized spacial score (nSPS) is 43.4. The van der Waals surface area contributed by atoms with E-state index in [1.165, 1.54) is 0 Å². The number of aliphatic carboxylic acids is 2. The summed E-state index contributed by atoms with van der Waals surface area (Å²) in [4.78, 5) is 34.6. The van der Waals surface area contributed by atoms with Crippen LogP contribution in [0.5, 0.6) is 0 Å². The van der Waals surface area contributed by atoms with Crippen molar-refractivity contribution in [3.63, 3.8) is 0 Å². The van der Waals surface area contributed by atoms with Crippen LogP contribution in [0, 0.1) is 46.3 Å². The minimum atomic E-state index is -1.41. The topological polar surface area (TPSA) is 144 Å². The fraction of sp³-hybridized carbons (Fsp3) is 0.893. The number of rotatable bonds is 8. The lowest BCUT2D eigenvalue weighted by molar-refractivity contribution is -0.174. The van der Waals surface area contributed by atoms with Gasteiger partial charge in [-0.25, -0.2) is 4.79 Å². The Morgan fingerprint density at radius 3 is 2.28 bits per heavy atom. The molecule has 1 amide bonds. The summed E-state index contributed by atoms with van der Waals surface area (Å²) in [5.41, 5.74) is 0.311. The number of carbonyl (C=O) groups excluding carboxylic acids is 1. The van der Waals surface area contributed by atoms with E-state index in [0.717, 1.165) is 51.4 Å². The number of carboxylic acid groups (broad SMARTS) is 2. The number of aliphatic hydroxyl groups is 2. The second-order valence-electron chi connectivity index (χ2n) is 13.0. The first-order chi connectivity index (χ1) is 16.9. The zero-order valence-corrected chi connectivity index (χ0v) is 22.0. The summed E-state index contributed by atoms with van der Waals surface area (Å²) in [6.45, 7) is 6.99. The van der Waals surface area contributed by atoms with Crippen LogP contribution in [0.1, 0.15) is 91.4 Å². The summed E-state index contributed by atoms with van der Waals surface area (Å²) in [6.07, 6.45) is 7.55. The standard InChI is InChI=1S/C28H45NO7/c1-15(4-7-23(32)29-21(26(35)36)14-24(33)34)18-5-6-19-25-20(9-11-28(18,19)3)27(2)10-8-17(30)12-16(27)13-22(25)31/h15-22,25,30-31H,4-14H2,1-3H3,(H,29,32)(H,33,34)(H,35,36). The number of carboxylic acids is 2. The average Bonchev–Trinajstić information content (AvgIpc) is 3.15. The van der Waals surface area contributed by atoms with Gasteiger partial charge in [0, 0.05) is 6.42 Å². The fourth-order valence-corrected chi connectivity index (χ4v) is 9.38. The van der Waals surface area contributed by atoms with Gasteiger partial charge in [-0.15, -0.1) is 0 Å². The van der Waals surface area contributed by atoms with E-state index in [-0.39, 0.29) is 35.4 Å². The van der Waals surface area contributed by atoms with Gasteiger partial charge in [0.2, 0.25) is 5.91 Å². The summed E-state index contributed by atoms with van der Waals surface area (Å²) < 4.78 is 0. The highest BCUT2D eigenvalue weighted by atomic mass is 16.4. The Morgan fingerprint density at radius 1 is 0.944 bits per heavy atom. The molecule has 11 atom stereocenters. The van der Waals surface area contributed by atoms with Crippen molar-refractivity contribution in [2.24, 2.45) is 46.3 Å². The molecule has 11 unspecified atom stereocenters. The Hall–Kier alpha value is -1.67. The molecule has 0 aromatic rings. The maximum atomic E-state index is 12.4. The molecule has 4 fully saturated rings. The average molecular weight is 508 g/mol. The van der Waals surface area contributed by atoms with E-state index in [1.54, 1.807) is 0 Å². The van der Waals surface area contributed by atoms with Gasteiger partial charge in [0.1, 0.15) is 6.04 Å². The fourth-order valence-electron chi connectivity index (χ4n) is 9.38. The molecule has 5 N–H and O–H groups in total. The van der Waals surface area contributed by atoms with Gasteiger partial charge in [0.25, 0.3) is 0 Å². The third kappa shape index (κ3) is 4.92. The smallest absolute Gasteiger partial charge is 0.326 e. The number of aliphatic hydroxyl groups excluding tert-OH is 2. The SMILES string of the molecule is CC(CCC(=O)NC(CC(=O)O)C(=O)O)C1CCC2C3C(O)CC4CC(O)CCC4(C)C3CCC12C. The molecule has 0 aromatic carbocycles. The lowest BCUT2D eigenvalue weighted by atomic mass is 9.43. The molecule has 204 valence electrons. The zero-order chi connectivity index (χ0) is 26.4. The molecule has 0 radical (unpaired) electrons. The maximum absolute atomic E-state index is 12.4. The maximum Gasteiger partial charge on any atom is 0.326 e. The molecule has 0 spiro atoms. The Kier molecular flexibility index (Phi) is 7.78. The van der Waals surface area contributed by atoms with Gasteiger partial charge in [0.05, 0.1) is 18.6 Å². The zero-order valence-electron chi connectivity index (χ0n) is 22.0. The van der Waals surface area contributed by atoms with Crippen LogP contribution in [0.15, 0.2) is 0 Å². The third-order valence-electron chi connectivity index (χ3n) is 11.3. The number of nitrogens with one attached hydrogen (secondary N) is 1. The van der Waals surface area contributed by atoms with Crippen molar-refractivity contribution in [2.45, 2.75) is 110 Å². The van der Waals surface area contributed by atoms with Gasteiger partial charge in [-0.05, 0) is 104 Å². The van der Waals surface area contributed by atoms with Crippen molar-refractivity contribution in [2.75, 3.05) is 0 Å². The van der Waals surface area contributed by atoms with Crippen molar-refractivity contribution in [3.8, 4) is 0 Å². The van der Waals surface area contributed by atoms with Crippen LogP contribution in [0.4, 0.5) is 0 Å². The van der Waals surface area contributed by atoms with E-state index < -0.39 is 30.3 Å². The molecular formula is C28H45NO7. The molecule has 4 aliphatic rings. The van der Waals surface area contributed by atoms with E-state index in [4.69, 9.17) is 5.11 Å². The van der Waals surface area contributed by atoms with Gasteiger partial charge in [-0.1, -0.05) is 20.8 Å². The molecule has 4 saturated carbocycles. The predicted octanol–water partition coefficient (Wildman–Crippen LogP) is 3.44. The molecule has 0 bridgehead atoms. The molecule has 4 aliphatic carbocycles. The van der Waals surface area contributed by atoms with E-state index in [9.17, 15) is 29.7 Å². The summed E-state index contributed by atoms with van der Waals surface area (Å²) >= 11 is 0. The number of fused-ring (bicyclic) bond motifs is 5. The van der Waals surface area contributed by atoms with Gasteiger partial charge in [-0.2, -0.15) is 0 Å². The van der Waals surface area contributed by atoms with Crippen LogP contribution >= 0.6 is 0 Å². The highest BCUT2D eigenvalue weighted by Crippen LogP contribution is 2.68. The van der Waals surface area contributed by atoms with Gasteiger partial charge in [0.15, 0.2) is 0 Å². The Bertz CT molecular complexity index is 863. The molecule has 36 heavy (non-hydrogen) atoms. The number of carbonyl (C=O) groups is 3. The number of hydrogen-bond acceptors (Lipinski definition) is 5. The van der Waals surface area contributed by atoms with Crippen LogP contribution in [0.25, 0.3) is 0 Å². The molecule has 0 aromatic heterocycles. The molecule has 0 heterocycles. The highest BCUT2D eigenvalue weighted by molar-refractivity contribution is 5.86. The van der Waals surface area contributed by atoms with Gasteiger partial charge < -0.3 is 25.7 Å². The molecule has 0 saturated heterocycles. The predicted molar refractivity (Wildman–Crippen MR) is 133 cm³/mol. The van der Waals surface area contributed by atoms with E-state index in [0.29, 0.717) is 36.0 Å². The first-order valence-corrected chi connectivity index (χ1v) is 14.0. The molecular weight excluding hydrogens is 462 g/mol. The van der Waals surface area contributed by atoms with Crippen molar-refractivity contribution < 1.29 is 34.8 Å². The summed E-state index contributed by atoms with van der Waals surface area (Å²) in [5, 5.41) is 42.1. The van der Waals surface area contributed by atoms with E-state index in [1.807, 2.05) is 0 Å². The van der Waals surface area contributed by atoms with Crippen molar-refractivity contribution in [1.29, 1.82) is 0 Å². The third-order valence-corrected chi connectivity index (χ3v) is 11.3. The Morgan fingerprint density at radius 2 is 1.61 bits per heavy atom. The highest BCUT2D eigenvalue weighted by Gasteiger charge is 2.62. The monoisotopic (exact) mass is 507 g/mol. The van der Waals surface area contributed by atoms with Crippen LogP contribution in [0.3, 0.4) is 0 Å². The second kappa shape index (κ2) is 10.2. The Balaban J connectivity index is 1.40.